The summed E-state index contributed by atoms with van der Waals surface area (Å²) in [6.45, 7) is -0.115. The van der Waals surface area contributed by atoms with Crippen molar-refractivity contribution in [2.75, 3.05) is 0 Å². The minimum atomic E-state index is -0.427. The Balaban J connectivity index is 1.76. The van der Waals surface area contributed by atoms with Crippen LogP contribution >= 0.6 is 0 Å². The number of Topliss-reactive ketones (excluding diaryl/α,β-unsaturated/α-hetero) is 1. The van der Waals surface area contributed by atoms with E-state index >= 15 is 0 Å². The minimum Gasteiger partial charge on any atom is -0.290 e. The summed E-state index contributed by atoms with van der Waals surface area (Å²) in [7, 11) is 1.66. The van der Waals surface area contributed by atoms with Gasteiger partial charge in [0, 0.05) is 16.7 Å². The molecule has 128 valence electrons. The first-order valence-electron chi connectivity index (χ1n) is 8.03. The molecule has 0 fully saturated rings. The van der Waals surface area contributed by atoms with Crippen molar-refractivity contribution < 1.29 is 23.3 Å². The van der Waals surface area contributed by atoms with Crippen molar-refractivity contribution in [1.29, 1.82) is 0 Å². The van der Waals surface area contributed by atoms with Crippen molar-refractivity contribution in [3.63, 3.8) is 0 Å². The van der Waals surface area contributed by atoms with Crippen LogP contribution in [0.3, 0.4) is 0 Å². The van der Waals surface area contributed by atoms with Gasteiger partial charge in [-0.15, -0.1) is 0 Å². The molecule has 0 aliphatic heterocycles. The standard InChI is InChI=1S/C20H14FN2O3/c1-22-11-23(10-16(24)12-6-8-13(21)9-7-12)18-17(22)19(25)14-4-2-3-5-15(14)20(18)26/h2-9,11H,10H2,1H3/q+1. The monoisotopic (exact) mass is 349 g/mol. The lowest BCUT2D eigenvalue weighted by Crippen LogP contribution is -2.36. The normalized spacial score (nSPS) is 12.7. The van der Waals surface area contributed by atoms with Gasteiger partial charge in [-0.3, -0.25) is 14.4 Å². The van der Waals surface area contributed by atoms with Gasteiger partial charge in [0.2, 0.25) is 35.1 Å². The second-order valence-electron chi connectivity index (χ2n) is 6.19. The number of halogens is 1. The van der Waals surface area contributed by atoms with Crippen molar-refractivity contribution in [2.45, 2.75) is 6.54 Å². The van der Waals surface area contributed by atoms with Crippen LogP contribution in [0.15, 0.2) is 54.9 Å². The molecule has 1 aliphatic rings. The zero-order valence-corrected chi connectivity index (χ0v) is 13.9. The van der Waals surface area contributed by atoms with Crippen molar-refractivity contribution in [3.8, 4) is 0 Å². The summed E-state index contributed by atoms with van der Waals surface area (Å²) in [4.78, 5) is 38.2. The Hall–Kier alpha value is -3.41. The number of ketones is 3. The van der Waals surface area contributed by atoms with Crippen LogP contribution in [0.25, 0.3) is 0 Å². The number of benzene rings is 2. The van der Waals surface area contributed by atoms with Crippen LogP contribution in [-0.2, 0) is 13.6 Å². The Kier molecular flexibility index (Phi) is 3.61. The molecule has 6 heteroatoms. The van der Waals surface area contributed by atoms with E-state index < -0.39 is 5.82 Å². The molecular weight excluding hydrogens is 335 g/mol. The van der Waals surface area contributed by atoms with Crippen LogP contribution in [0, 0.1) is 5.82 Å². The molecule has 0 radical (unpaired) electrons. The summed E-state index contributed by atoms with van der Waals surface area (Å²) in [6.07, 6.45) is 1.56. The molecule has 2 aromatic carbocycles. The smallest absolute Gasteiger partial charge is 0.245 e. The minimum absolute atomic E-state index is 0.115. The van der Waals surface area contributed by atoms with Gasteiger partial charge in [0.15, 0.2) is 6.54 Å². The first-order chi connectivity index (χ1) is 12.5. The van der Waals surface area contributed by atoms with Gasteiger partial charge in [0.1, 0.15) is 5.82 Å². The van der Waals surface area contributed by atoms with Gasteiger partial charge in [0.25, 0.3) is 0 Å². The highest BCUT2D eigenvalue weighted by Gasteiger charge is 2.40. The average Bonchev–Trinajstić information content (AvgIpc) is 2.96. The fourth-order valence-corrected chi connectivity index (χ4v) is 3.27. The van der Waals surface area contributed by atoms with Gasteiger partial charge in [-0.05, 0) is 24.3 Å². The largest absolute Gasteiger partial charge is 0.290 e. The van der Waals surface area contributed by atoms with E-state index in [2.05, 4.69) is 0 Å². The number of rotatable bonds is 3. The van der Waals surface area contributed by atoms with Crippen LogP contribution in [0.1, 0.15) is 42.5 Å². The highest BCUT2D eigenvalue weighted by molar-refractivity contribution is 6.26. The summed E-state index contributed by atoms with van der Waals surface area (Å²) >= 11 is 0. The number of imidazole rings is 1. The first kappa shape index (κ1) is 16.1. The number of fused-ring (bicyclic) bond motifs is 2. The molecule has 1 aromatic heterocycles. The quantitative estimate of drug-likeness (QED) is 0.420. The van der Waals surface area contributed by atoms with E-state index in [0.29, 0.717) is 16.7 Å². The lowest BCUT2D eigenvalue weighted by molar-refractivity contribution is -0.672. The third-order valence-electron chi connectivity index (χ3n) is 4.50. The van der Waals surface area contributed by atoms with Crippen LogP contribution in [-0.4, -0.2) is 21.9 Å². The molecule has 1 heterocycles. The molecule has 0 N–H and O–H groups in total. The Bertz CT molecular complexity index is 1080. The molecule has 0 unspecified atom stereocenters. The maximum Gasteiger partial charge on any atom is 0.245 e. The molecule has 0 spiro atoms. The van der Waals surface area contributed by atoms with E-state index in [1.54, 1.807) is 42.2 Å². The molecule has 3 aromatic rings. The van der Waals surface area contributed by atoms with Gasteiger partial charge in [0.05, 0.1) is 7.05 Å². The lowest BCUT2D eigenvalue weighted by atomic mass is 9.90. The second kappa shape index (κ2) is 5.84. The van der Waals surface area contributed by atoms with Crippen LogP contribution in [0.2, 0.25) is 0 Å². The fourth-order valence-electron chi connectivity index (χ4n) is 3.27. The Morgan fingerprint density at radius 3 is 2.27 bits per heavy atom. The molecular formula is C20H14FN2O3+. The topological polar surface area (TPSA) is 60.0 Å². The number of hydrogen-bond donors (Lipinski definition) is 0. The van der Waals surface area contributed by atoms with Crippen LogP contribution < -0.4 is 4.57 Å². The molecule has 0 bridgehead atoms. The van der Waals surface area contributed by atoms with E-state index in [1.807, 2.05) is 0 Å². The Morgan fingerprint density at radius 2 is 1.62 bits per heavy atom. The predicted octanol–water partition coefficient (Wildman–Crippen LogP) is 2.11. The third kappa shape index (κ3) is 2.38. The molecule has 0 saturated heterocycles. The number of aryl methyl sites for hydroxylation is 1. The maximum atomic E-state index is 13.0. The van der Waals surface area contributed by atoms with E-state index in [4.69, 9.17) is 0 Å². The number of nitrogens with zero attached hydrogens (tertiary/aromatic N) is 2. The van der Waals surface area contributed by atoms with Gasteiger partial charge in [-0.25, -0.2) is 13.5 Å². The number of carbonyl (C=O) groups is 3. The number of carbonyl (C=O) groups excluding carboxylic acids is 3. The Morgan fingerprint density at radius 1 is 1.00 bits per heavy atom. The zero-order valence-electron chi connectivity index (χ0n) is 13.9. The zero-order chi connectivity index (χ0) is 18.4. The van der Waals surface area contributed by atoms with E-state index in [9.17, 15) is 18.8 Å². The summed E-state index contributed by atoms with van der Waals surface area (Å²) in [6, 6.07) is 11.9. The lowest BCUT2D eigenvalue weighted by Gasteiger charge is -2.12. The van der Waals surface area contributed by atoms with E-state index in [-0.39, 0.29) is 35.3 Å². The van der Waals surface area contributed by atoms with Gasteiger partial charge in [-0.2, -0.15) is 0 Å². The van der Waals surface area contributed by atoms with Crippen LogP contribution in [0.4, 0.5) is 4.39 Å². The molecule has 5 nitrogen and oxygen atoms in total. The summed E-state index contributed by atoms with van der Waals surface area (Å²) in [5.41, 5.74) is 1.50. The van der Waals surface area contributed by atoms with Crippen molar-refractivity contribution in [3.05, 3.63) is 88.8 Å². The number of hydrogen-bond acceptors (Lipinski definition) is 3. The highest BCUT2D eigenvalue weighted by atomic mass is 19.1. The van der Waals surface area contributed by atoms with Crippen LogP contribution in [0.5, 0.6) is 0 Å². The number of aromatic nitrogens is 2. The van der Waals surface area contributed by atoms with Crippen molar-refractivity contribution in [2.24, 2.45) is 7.05 Å². The molecule has 0 atom stereocenters. The fraction of sp³-hybridized carbons (Fsp3) is 0.100. The Labute approximate surface area is 148 Å². The predicted molar refractivity (Wildman–Crippen MR) is 89.6 cm³/mol. The summed E-state index contributed by atoms with van der Waals surface area (Å²) in [5.74, 6) is -1.24. The van der Waals surface area contributed by atoms with Crippen molar-refractivity contribution >= 4 is 17.3 Å². The molecule has 0 saturated carbocycles. The highest BCUT2D eigenvalue weighted by Crippen LogP contribution is 2.25. The molecule has 1 aliphatic carbocycles. The molecule has 26 heavy (non-hydrogen) atoms. The van der Waals surface area contributed by atoms with E-state index in [0.717, 1.165) is 0 Å². The van der Waals surface area contributed by atoms with Gasteiger partial charge in [-0.1, -0.05) is 24.3 Å². The summed E-state index contributed by atoms with van der Waals surface area (Å²) < 4.78 is 16.1. The maximum absolute atomic E-state index is 13.0. The third-order valence-corrected chi connectivity index (χ3v) is 4.50. The van der Waals surface area contributed by atoms with E-state index in [1.165, 1.54) is 28.8 Å². The first-order valence-corrected chi connectivity index (χ1v) is 8.03. The SMILES string of the molecule is C[n+]1cn(CC(=O)c2ccc(F)cc2)c2c1C(=O)c1ccccc1C2=O. The summed E-state index contributed by atoms with van der Waals surface area (Å²) in [5, 5.41) is 0. The average molecular weight is 349 g/mol. The van der Waals surface area contributed by atoms with Gasteiger partial charge >= 0.3 is 0 Å². The molecule has 0 amide bonds. The second-order valence-corrected chi connectivity index (χ2v) is 6.19. The van der Waals surface area contributed by atoms with Gasteiger partial charge < -0.3 is 0 Å². The van der Waals surface area contributed by atoms with Crippen molar-refractivity contribution in [1.82, 2.24) is 4.57 Å². The molecule has 4 rings (SSSR count).